The highest BCUT2D eigenvalue weighted by Gasteiger charge is 2.17. The number of rotatable bonds is 3. The quantitative estimate of drug-likeness (QED) is 0.847. The normalized spacial score (nSPS) is 14.3. The molecule has 1 aliphatic heterocycles. The van der Waals surface area contributed by atoms with Crippen molar-refractivity contribution in [2.24, 2.45) is 0 Å². The molecule has 0 radical (unpaired) electrons. The van der Waals surface area contributed by atoms with E-state index in [2.05, 4.69) is 36.5 Å². The lowest BCUT2D eigenvalue weighted by atomic mass is 10.2. The fourth-order valence-electron chi connectivity index (χ4n) is 2.22. The number of piperazine rings is 1. The Morgan fingerprint density at radius 1 is 1.30 bits per heavy atom. The lowest BCUT2D eigenvalue weighted by Gasteiger charge is -2.27. The highest BCUT2D eigenvalue weighted by Crippen LogP contribution is 2.16. The Hall–Kier alpha value is -2.48. The molecule has 2 aromatic rings. The van der Waals surface area contributed by atoms with Crippen LogP contribution in [0.15, 0.2) is 41.3 Å². The predicted octanol–water partition coefficient (Wildman–Crippen LogP) is 1.43. The second kappa shape index (κ2) is 6.74. The molecule has 2 aromatic heterocycles. The van der Waals surface area contributed by atoms with Crippen molar-refractivity contribution in [3.05, 3.63) is 46.8 Å². The summed E-state index contributed by atoms with van der Waals surface area (Å²) in [6.07, 6.45) is 4.68. The van der Waals surface area contributed by atoms with E-state index in [9.17, 15) is 9.59 Å². The summed E-state index contributed by atoms with van der Waals surface area (Å²) in [4.78, 5) is 33.7. The highest BCUT2D eigenvalue weighted by molar-refractivity contribution is 9.10. The van der Waals surface area contributed by atoms with Gasteiger partial charge in [-0.15, -0.1) is 0 Å². The van der Waals surface area contributed by atoms with Crippen molar-refractivity contribution in [1.29, 1.82) is 0 Å². The van der Waals surface area contributed by atoms with E-state index in [1.165, 1.54) is 6.20 Å². The molecule has 0 atom stereocenters. The monoisotopic (exact) mass is 375 g/mol. The van der Waals surface area contributed by atoms with Crippen LogP contribution in [0.3, 0.4) is 0 Å². The third-order valence-corrected chi connectivity index (χ3v) is 3.77. The summed E-state index contributed by atoms with van der Waals surface area (Å²) < 4.78 is 0.738. The summed E-state index contributed by atoms with van der Waals surface area (Å²) in [6, 6.07) is 5.24. The molecule has 0 aromatic carbocycles. The van der Waals surface area contributed by atoms with Crippen LogP contribution < -0.4 is 15.5 Å². The largest absolute Gasteiger partial charge is 0.353 e. The van der Waals surface area contributed by atoms with E-state index >= 15 is 0 Å². The van der Waals surface area contributed by atoms with Crippen molar-refractivity contribution >= 4 is 39.2 Å². The van der Waals surface area contributed by atoms with Crippen LogP contribution in [-0.2, 0) is 4.79 Å². The lowest BCUT2D eigenvalue weighted by molar-refractivity contribution is -0.120. The first-order valence-electron chi connectivity index (χ1n) is 7.01. The summed E-state index contributed by atoms with van der Waals surface area (Å²) in [6.45, 7) is 1.62. The molecule has 1 aliphatic rings. The summed E-state index contributed by atoms with van der Waals surface area (Å²) >= 11 is 3.28. The Labute approximate surface area is 141 Å². The minimum atomic E-state index is -0.259. The number of aromatic nitrogens is 2. The van der Waals surface area contributed by atoms with Crippen LogP contribution in [0.5, 0.6) is 0 Å². The van der Waals surface area contributed by atoms with E-state index in [0.717, 1.165) is 4.47 Å². The zero-order valence-corrected chi connectivity index (χ0v) is 13.7. The number of anilines is 2. The van der Waals surface area contributed by atoms with Gasteiger partial charge < -0.3 is 15.5 Å². The fourth-order valence-corrected chi connectivity index (χ4v) is 2.59. The van der Waals surface area contributed by atoms with E-state index in [1.807, 2.05) is 4.90 Å². The first-order valence-corrected chi connectivity index (χ1v) is 7.81. The van der Waals surface area contributed by atoms with Crippen LogP contribution in [0.2, 0.25) is 0 Å². The maximum Gasteiger partial charge on any atom is 0.257 e. The molecule has 7 nitrogen and oxygen atoms in total. The molecule has 23 heavy (non-hydrogen) atoms. The standard InChI is InChI=1S/C15H14BrN5O2/c16-11-5-10(6-17-7-11)15(23)20-12-1-2-13(19-8-12)21-4-3-18-14(22)9-21/h1-2,5-8H,3-4,9H2,(H,18,22)(H,20,23). The van der Waals surface area contributed by atoms with Gasteiger partial charge in [-0.3, -0.25) is 14.6 Å². The zero-order valence-electron chi connectivity index (χ0n) is 12.1. The van der Waals surface area contributed by atoms with E-state index in [-0.39, 0.29) is 11.8 Å². The molecular weight excluding hydrogens is 362 g/mol. The SMILES string of the molecule is O=C1CN(c2ccc(NC(=O)c3cncc(Br)c3)cn2)CCN1. The average Bonchev–Trinajstić information content (AvgIpc) is 2.55. The summed E-state index contributed by atoms with van der Waals surface area (Å²) in [7, 11) is 0. The van der Waals surface area contributed by atoms with Gasteiger partial charge in [0.25, 0.3) is 5.91 Å². The molecule has 0 aliphatic carbocycles. The van der Waals surface area contributed by atoms with Gasteiger partial charge in [-0.25, -0.2) is 4.98 Å². The van der Waals surface area contributed by atoms with Crippen LogP contribution >= 0.6 is 15.9 Å². The Kier molecular flexibility index (Phi) is 4.52. The zero-order chi connectivity index (χ0) is 16.2. The summed E-state index contributed by atoms with van der Waals surface area (Å²) in [5, 5.41) is 5.53. The predicted molar refractivity (Wildman–Crippen MR) is 89.3 cm³/mol. The number of hydrogen-bond donors (Lipinski definition) is 2. The van der Waals surface area contributed by atoms with Gasteiger partial charge in [0.05, 0.1) is 24.0 Å². The number of halogens is 1. The number of pyridine rings is 2. The van der Waals surface area contributed by atoms with Gasteiger partial charge in [0.15, 0.2) is 0 Å². The first kappa shape index (κ1) is 15.4. The molecule has 0 unspecified atom stereocenters. The number of carbonyl (C=O) groups excluding carboxylic acids is 2. The van der Waals surface area contributed by atoms with Crippen LogP contribution in [0.25, 0.3) is 0 Å². The molecule has 1 saturated heterocycles. The number of hydrogen-bond acceptors (Lipinski definition) is 5. The van der Waals surface area contributed by atoms with E-state index in [4.69, 9.17) is 0 Å². The number of amides is 2. The van der Waals surface area contributed by atoms with Crippen molar-refractivity contribution < 1.29 is 9.59 Å². The molecule has 1 fully saturated rings. The van der Waals surface area contributed by atoms with Crippen LogP contribution in [-0.4, -0.2) is 41.4 Å². The fraction of sp³-hybridized carbons (Fsp3) is 0.200. The first-order chi connectivity index (χ1) is 11.1. The Morgan fingerprint density at radius 2 is 2.17 bits per heavy atom. The van der Waals surface area contributed by atoms with Gasteiger partial charge in [-0.05, 0) is 34.1 Å². The smallest absolute Gasteiger partial charge is 0.257 e. The van der Waals surface area contributed by atoms with Crippen molar-refractivity contribution in [3.63, 3.8) is 0 Å². The Balaban J connectivity index is 1.67. The minimum Gasteiger partial charge on any atom is -0.353 e. The summed E-state index contributed by atoms with van der Waals surface area (Å²) in [5.74, 6) is 0.435. The molecule has 3 heterocycles. The maximum absolute atomic E-state index is 12.1. The molecule has 0 bridgehead atoms. The Morgan fingerprint density at radius 3 is 2.87 bits per heavy atom. The van der Waals surface area contributed by atoms with Crippen LogP contribution in [0, 0.1) is 0 Å². The second-order valence-corrected chi connectivity index (χ2v) is 5.94. The van der Waals surface area contributed by atoms with Gasteiger partial charge in [-0.2, -0.15) is 0 Å². The summed E-state index contributed by atoms with van der Waals surface area (Å²) in [5.41, 5.74) is 1.04. The van der Waals surface area contributed by atoms with Gasteiger partial charge >= 0.3 is 0 Å². The van der Waals surface area contributed by atoms with Crippen molar-refractivity contribution in [2.45, 2.75) is 0 Å². The van der Waals surface area contributed by atoms with E-state index in [1.54, 1.807) is 30.6 Å². The molecule has 118 valence electrons. The van der Waals surface area contributed by atoms with Gasteiger partial charge in [0, 0.05) is 30.0 Å². The third-order valence-electron chi connectivity index (χ3n) is 3.34. The molecule has 3 rings (SSSR count). The number of nitrogens with zero attached hydrogens (tertiary/aromatic N) is 3. The number of carbonyl (C=O) groups is 2. The molecule has 8 heteroatoms. The molecular formula is C15H14BrN5O2. The molecule has 2 amide bonds. The van der Waals surface area contributed by atoms with Crippen molar-refractivity contribution in [1.82, 2.24) is 15.3 Å². The van der Waals surface area contributed by atoms with E-state index in [0.29, 0.717) is 36.7 Å². The highest BCUT2D eigenvalue weighted by atomic mass is 79.9. The lowest BCUT2D eigenvalue weighted by Crippen LogP contribution is -2.48. The third kappa shape index (κ3) is 3.84. The number of nitrogens with one attached hydrogen (secondary N) is 2. The topological polar surface area (TPSA) is 87.2 Å². The average molecular weight is 376 g/mol. The molecule has 0 saturated carbocycles. The van der Waals surface area contributed by atoms with Crippen LogP contribution in [0.4, 0.5) is 11.5 Å². The van der Waals surface area contributed by atoms with Crippen molar-refractivity contribution in [2.75, 3.05) is 29.9 Å². The molecule has 2 N–H and O–H groups in total. The minimum absolute atomic E-state index is 0.0161. The maximum atomic E-state index is 12.1. The Bertz CT molecular complexity index is 735. The van der Waals surface area contributed by atoms with Crippen LogP contribution in [0.1, 0.15) is 10.4 Å². The molecule has 0 spiro atoms. The van der Waals surface area contributed by atoms with Gasteiger partial charge in [0.2, 0.25) is 5.91 Å². The van der Waals surface area contributed by atoms with Crippen molar-refractivity contribution in [3.8, 4) is 0 Å². The van der Waals surface area contributed by atoms with Gasteiger partial charge in [-0.1, -0.05) is 0 Å². The van der Waals surface area contributed by atoms with Gasteiger partial charge in [0.1, 0.15) is 5.82 Å². The second-order valence-electron chi connectivity index (χ2n) is 5.02. The van der Waals surface area contributed by atoms with E-state index < -0.39 is 0 Å².